The predicted octanol–water partition coefficient (Wildman–Crippen LogP) is 2.96. The Hall–Kier alpha value is -1.06. The van der Waals surface area contributed by atoms with Crippen LogP contribution in [-0.4, -0.2) is 10.8 Å². The molecular formula is C9H6ClNOS. The van der Waals surface area contributed by atoms with Gasteiger partial charge in [-0.3, -0.25) is 4.79 Å². The molecule has 0 saturated carbocycles. The first-order chi connectivity index (χ1) is 6.29. The van der Waals surface area contributed by atoms with Crippen molar-refractivity contribution in [1.82, 2.24) is 4.98 Å². The van der Waals surface area contributed by atoms with Gasteiger partial charge in [-0.2, -0.15) is 0 Å². The summed E-state index contributed by atoms with van der Waals surface area (Å²) in [7, 11) is 0. The summed E-state index contributed by atoms with van der Waals surface area (Å²) in [6, 6.07) is 5.25. The molecule has 0 aromatic carbocycles. The highest BCUT2D eigenvalue weighted by Crippen LogP contribution is 2.24. The van der Waals surface area contributed by atoms with E-state index in [-0.39, 0.29) is 5.78 Å². The van der Waals surface area contributed by atoms with E-state index in [1.807, 2.05) is 0 Å². The van der Waals surface area contributed by atoms with E-state index in [0.717, 1.165) is 0 Å². The van der Waals surface area contributed by atoms with Crippen LogP contribution in [0.5, 0.6) is 0 Å². The maximum atomic E-state index is 11.7. The van der Waals surface area contributed by atoms with Gasteiger partial charge in [0.2, 0.25) is 5.78 Å². The average molecular weight is 212 g/mol. The molecule has 0 amide bonds. The number of halogens is 1. The van der Waals surface area contributed by atoms with E-state index >= 15 is 0 Å². The van der Waals surface area contributed by atoms with Crippen LogP contribution in [0.25, 0.3) is 0 Å². The Labute approximate surface area is 84.2 Å². The lowest BCUT2D eigenvalue weighted by molar-refractivity contribution is 0.103. The Morgan fingerprint density at radius 3 is 2.85 bits per heavy atom. The summed E-state index contributed by atoms with van der Waals surface area (Å²) in [5, 5.41) is 2.32. The molecule has 2 heterocycles. The zero-order valence-electron chi connectivity index (χ0n) is 6.58. The smallest absolute Gasteiger partial charge is 0.220 e. The lowest BCUT2D eigenvalue weighted by Gasteiger charge is -1.93. The van der Waals surface area contributed by atoms with Gasteiger partial charge in [-0.1, -0.05) is 11.6 Å². The molecule has 0 aliphatic heterocycles. The van der Waals surface area contributed by atoms with Crippen LogP contribution in [0, 0.1) is 0 Å². The van der Waals surface area contributed by atoms with Gasteiger partial charge < -0.3 is 4.98 Å². The minimum Gasteiger partial charge on any atom is -0.358 e. The molecule has 0 aliphatic carbocycles. The Morgan fingerprint density at radius 2 is 2.31 bits per heavy atom. The molecule has 0 saturated heterocycles. The van der Waals surface area contributed by atoms with Crippen molar-refractivity contribution in [1.29, 1.82) is 0 Å². The van der Waals surface area contributed by atoms with Crippen LogP contribution < -0.4 is 0 Å². The molecule has 66 valence electrons. The van der Waals surface area contributed by atoms with Crippen molar-refractivity contribution >= 4 is 28.7 Å². The van der Waals surface area contributed by atoms with E-state index in [2.05, 4.69) is 4.98 Å². The Kier molecular flexibility index (Phi) is 2.20. The van der Waals surface area contributed by atoms with Gasteiger partial charge in [0.1, 0.15) is 0 Å². The van der Waals surface area contributed by atoms with Gasteiger partial charge in [-0.15, -0.1) is 11.3 Å². The van der Waals surface area contributed by atoms with Gasteiger partial charge in [-0.05, 0) is 23.6 Å². The van der Waals surface area contributed by atoms with E-state index in [0.29, 0.717) is 15.6 Å². The lowest BCUT2D eigenvalue weighted by atomic mass is 10.2. The fourth-order valence-electron chi connectivity index (χ4n) is 1.05. The molecule has 0 unspecified atom stereocenters. The highest BCUT2D eigenvalue weighted by molar-refractivity contribution is 7.13. The molecule has 0 aliphatic rings. The van der Waals surface area contributed by atoms with E-state index in [1.54, 1.807) is 29.8 Å². The molecule has 0 radical (unpaired) electrons. The topological polar surface area (TPSA) is 32.9 Å². The van der Waals surface area contributed by atoms with E-state index in [9.17, 15) is 4.79 Å². The van der Waals surface area contributed by atoms with E-state index in [4.69, 9.17) is 11.6 Å². The summed E-state index contributed by atoms with van der Waals surface area (Å²) in [6.07, 6.45) is 1.72. The summed E-state index contributed by atoms with van der Waals surface area (Å²) < 4.78 is 0. The Morgan fingerprint density at radius 1 is 1.46 bits per heavy atom. The predicted molar refractivity (Wildman–Crippen MR) is 53.6 cm³/mol. The Bertz CT molecular complexity index is 419. The standard InChI is InChI=1S/C9H6ClNOS/c10-6-3-5-13-9(6)8(12)7-2-1-4-11-7/h1-5,11H. The van der Waals surface area contributed by atoms with Gasteiger partial charge in [0.25, 0.3) is 0 Å². The molecule has 4 heteroatoms. The fourth-order valence-corrected chi connectivity index (χ4v) is 2.14. The molecule has 0 atom stereocenters. The average Bonchev–Trinajstić information content (AvgIpc) is 2.72. The van der Waals surface area contributed by atoms with Gasteiger partial charge in [-0.25, -0.2) is 0 Å². The summed E-state index contributed by atoms with van der Waals surface area (Å²) in [4.78, 5) is 15.1. The monoisotopic (exact) mass is 211 g/mol. The van der Waals surface area contributed by atoms with Gasteiger partial charge >= 0.3 is 0 Å². The summed E-state index contributed by atoms with van der Waals surface area (Å²) in [5.41, 5.74) is 0.573. The van der Waals surface area contributed by atoms with Crippen LogP contribution in [-0.2, 0) is 0 Å². The minimum atomic E-state index is -0.0509. The van der Waals surface area contributed by atoms with Crippen LogP contribution in [0.2, 0.25) is 5.02 Å². The minimum absolute atomic E-state index is 0.0509. The highest BCUT2D eigenvalue weighted by Gasteiger charge is 2.14. The zero-order valence-corrected chi connectivity index (χ0v) is 8.15. The van der Waals surface area contributed by atoms with Crippen LogP contribution >= 0.6 is 22.9 Å². The summed E-state index contributed by atoms with van der Waals surface area (Å²) in [5.74, 6) is -0.0509. The quantitative estimate of drug-likeness (QED) is 0.762. The highest BCUT2D eigenvalue weighted by atomic mass is 35.5. The number of hydrogen-bond acceptors (Lipinski definition) is 2. The van der Waals surface area contributed by atoms with Crippen LogP contribution in [0.3, 0.4) is 0 Å². The number of nitrogens with one attached hydrogen (secondary N) is 1. The SMILES string of the molecule is O=C(c1ccc[nH]1)c1sccc1Cl. The van der Waals surface area contributed by atoms with Crippen molar-refractivity contribution in [2.24, 2.45) is 0 Å². The molecule has 2 aromatic rings. The molecule has 2 aromatic heterocycles. The van der Waals surface area contributed by atoms with Crippen LogP contribution in [0.1, 0.15) is 15.4 Å². The number of H-pyrrole nitrogens is 1. The number of rotatable bonds is 2. The number of aromatic amines is 1. The maximum absolute atomic E-state index is 11.7. The molecule has 2 nitrogen and oxygen atoms in total. The zero-order chi connectivity index (χ0) is 9.26. The van der Waals surface area contributed by atoms with Crippen molar-refractivity contribution in [3.63, 3.8) is 0 Å². The second-order valence-corrected chi connectivity index (χ2v) is 3.83. The first-order valence-electron chi connectivity index (χ1n) is 3.70. The lowest BCUT2D eigenvalue weighted by Crippen LogP contribution is -1.98. The van der Waals surface area contributed by atoms with Gasteiger partial charge in [0.05, 0.1) is 15.6 Å². The largest absolute Gasteiger partial charge is 0.358 e. The van der Waals surface area contributed by atoms with E-state index in [1.165, 1.54) is 11.3 Å². The van der Waals surface area contributed by atoms with Crippen molar-refractivity contribution in [3.8, 4) is 0 Å². The number of thiophene rings is 1. The Balaban J connectivity index is 2.39. The fraction of sp³-hybridized carbons (Fsp3) is 0. The molecule has 0 spiro atoms. The number of hydrogen-bond donors (Lipinski definition) is 1. The van der Waals surface area contributed by atoms with Crippen molar-refractivity contribution in [2.45, 2.75) is 0 Å². The third-order valence-corrected chi connectivity index (χ3v) is 3.01. The first kappa shape index (κ1) is 8.53. The van der Waals surface area contributed by atoms with Crippen LogP contribution in [0.4, 0.5) is 0 Å². The maximum Gasteiger partial charge on any atom is 0.220 e. The molecule has 0 bridgehead atoms. The first-order valence-corrected chi connectivity index (χ1v) is 4.96. The third kappa shape index (κ3) is 1.53. The summed E-state index contributed by atoms with van der Waals surface area (Å²) in [6.45, 7) is 0. The van der Waals surface area contributed by atoms with Crippen LogP contribution in [0.15, 0.2) is 29.8 Å². The third-order valence-electron chi connectivity index (χ3n) is 1.67. The van der Waals surface area contributed by atoms with Crippen molar-refractivity contribution < 1.29 is 4.79 Å². The number of aromatic nitrogens is 1. The number of carbonyl (C=O) groups excluding carboxylic acids is 1. The van der Waals surface area contributed by atoms with Gasteiger partial charge in [0.15, 0.2) is 0 Å². The second-order valence-electron chi connectivity index (χ2n) is 2.51. The van der Waals surface area contributed by atoms with Gasteiger partial charge in [0, 0.05) is 6.20 Å². The molecule has 0 fully saturated rings. The number of ketones is 1. The van der Waals surface area contributed by atoms with E-state index < -0.39 is 0 Å². The number of carbonyl (C=O) groups is 1. The second kappa shape index (κ2) is 3.36. The normalized spacial score (nSPS) is 10.2. The molecule has 1 N–H and O–H groups in total. The molecule has 13 heavy (non-hydrogen) atoms. The molecular weight excluding hydrogens is 206 g/mol. The molecule has 2 rings (SSSR count). The van der Waals surface area contributed by atoms with Crippen molar-refractivity contribution in [2.75, 3.05) is 0 Å². The summed E-state index contributed by atoms with van der Waals surface area (Å²) >= 11 is 7.18. The van der Waals surface area contributed by atoms with Crippen molar-refractivity contribution in [3.05, 3.63) is 45.4 Å².